The summed E-state index contributed by atoms with van der Waals surface area (Å²) in [5.74, 6) is 0. The molecule has 1 heterocycles. The first-order chi connectivity index (χ1) is 7.69. The minimum atomic E-state index is 0.848. The SMILES string of the molecule is C=CC[n+]1ccn(C=C)c1.N#CN.N#CN. The van der Waals surface area contributed by atoms with E-state index in [-0.39, 0.29) is 0 Å². The average molecular weight is 219 g/mol. The zero-order valence-corrected chi connectivity index (χ0v) is 8.95. The van der Waals surface area contributed by atoms with Crippen LogP contribution >= 0.6 is 0 Å². The minimum absolute atomic E-state index is 0.848. The largest absolute Gasteiger partial charge is 0.337 e. The van der Waals surface area contributed by atoms with E-state index in [9.17, 15) is 0 Å². The van der Waals surface area contributed by atoms with Crippen molar-refractivity contribution >= 4 is 6.20 Å². The van der Waals surface area contributed by atoms with Gasteiger partial charge in [-0.25, -0.2) is 9.13 Å². The monoisotopic (exact) mass is 219 g/mol. The Morgan fingerprint density at radius 3 is 2.12 bits per heavy atom. The molecule has 0 saturated heterocycles. The van der Waals surface area contributed by atoms with Crippen molar-refractivity contribution in [1.29, 1.82) is 10.5 Å². The summed E-state index contributed by atoms with van der Waals surface area (Å²) in [7, 11) is 0. The molecule has 0 spiro atoms. The van der Waals surface area contributed by atoms with Crippen LogP contribution in [-0.2, 0) is 6.54 Å². The number of aromatic nitrogens is 2. The molecule has 1 aromatic rings. The van der Waals surface area contributed by atoms with Crippen molar-refractivity contribution in [3.05, 3.63) is 38.0 Å². The van der Waals surface area contributed by atoms with Gasteiger partial charge in [-0.05, 0) is 0 Å². The lowest BCUT2D eigenvalue weighted by Gasteiger charge is -1.83. The normalized spacial score (nSPS) is 6.62. The summed E-state index contributed by atoms with van der Waals surface area (Å²) in [6.07, 6.45) is 12.0. The smallest absolute Gasteiger partial charge is 0.248 e. The number of hydrogen-bond acceptors (Lipinski definition) is 4. The molecule has 0 radical (unpaired) electrons. The van der Waals surface area contributed by atoms with E-state index in [0.29, 0.717) is 0 Å². The van der Waals surface area contributed by atoms with Crippen molar-refractivity contribution in [2.75, 3.05) is 0 Å². The van der Waals surface area contributed by atoms with Gasteiger partial charge in [0.1, 0.15) is 18.9 Å². The fourth-order valence-corrected chi connectivity index (χ4v) is 0.776. The third-order valence-electron chi connectivity index (χ3n) is 1.26. The quantitative estimate of drug-likeness (QED) is 0.320. The van der Waals surface area contributed by atoms with Crippen molar-refractivity contribution in [3.63, 3.8) is 0 Å². The molecule has 0 saturated carbocycles. The standard InChI is InChI=1S/C8H11N2.2CH2N2/c1-3-5-10-7-6-9(4-2)8-10;2*2-1-3/h3-4,6-8H,1-2,5H2;2*2H2/q+1;;. The number of hydrogen-bond donors (Lipinski definition) is 2. The first kappa shape index (κ1) is 15.7. The Kier molecular flexibility index (Phi) is 12.1. The molecule has 0 unspecified atom stereocenters. The van der Waals surface area contributed by atoms with Gasteiger partial charge in [0.05, 0.1) is 6.20 Å². The van der Waals surface area contributed by atoms with Crippen molar-refractivity contribution in [1.82, 2.24) is 4.57 Å². The molecule has 0 aliphatic carbocycles. The molecule has 0 fully saturated rings. The lowest BCUT2D eigenvalue weighted by atomic mass is 10.6. The molecule has 0 bridgehead atoms. The topological polar surface area (TPSA) is 108 Å². The molecule has 16 heavy (non-hydrogen) atoms. The Morgan fingerprint density at radius 2 is 1.81 bits per heavy atom. The lowest BCUT2D eigenvalue weighted by Crippen LogP contribution is -2.29. The molecule has 0 aromatic carbocycles. The predicted octanol–water partition coefficient (Wildman–Crippen LogP) is -0.0855. The van der Waals surface area contributed by atoms with E-state index in [2.05, 4.69) is 24.6 Å². The summed E-state index contributed by atoms with van der Waals surface area (Å²) in [6.45, 7) is 8.11. The molecule has 4 N–H and O–H groups in total. The van der Waals surface area contributed by atoms with Crippen LogP contribution < -0.4 is 16.0 Å². The van der Waals surface area contributed by atoms with Crippen LogP contribution in [0.25, 0.3) is 6.20 Å². The third kappa shape index (κ3) is 9.36. The second-order valence-corrected chi connectivity index (χ2v) is 2.29. The summed E-state index contributed by atoms with van der Waals surface area (Å²) in [6, 6.07) is 0. The summed E-state index contributed by atoms with van der Waals surface area (Å²) < 4.78 is 3.91. The van der Waals surface area contributed by atoms with Crippen LogP contribution in [0.15, 0.2) is 38.0 Å². The molecular weight excluding hydrogens is 204 g/mol. The third-order valence-corrected chi connectivity index (χ3v) is 1.26. The van der Waals surface area contributed by atoms with Crippen LogP contribution in [-0.4, -0.2) is 4.57 Å². The lowest BCUT2D eigenvalue weighted by molar-refractivity contribution is -0.686. The summed E-state index contributed by atoms with van der Waals surface area (Å²) >= 11 is 0. The molecule has 0 aliphatic heterocycles. The Hall–Kier alpha value is -2.73. The van der Waals surface area contributed by atoms with Crippen molar-refractivity contribution < 1.29 is 4.57 Å². The van der Waals surface area contributed by atoms with Gasteiger partial charge in [-0.1, -0.05) is 19.2 Å². The Labute approximate surface area is 94.9 Å². The number of imidazole rings is 1. The van der Waals surface area contributed by atoms with Crippen molar-refractivity contribution in [2.45, 2.75) is 6.54 Å². The highest BCUT2D eigenvalue weighted by Crippen LogP contribution is 1.82. The van der Waals surface area contributed by atoms with Gasteiger partial charge in [-0.2, -0.15) is 10.5 Å². The highest BCUT2D eigenvalue weighted by atomic mass is 15.1. The highest BCUT2D eigenvalue weighted by Gasteiger charge is 1.95. The maximum absolute atomic E-state index is 7.10. The van der Waals surface area contributed by atoms with Gasteiger partial charge in [0, 0.05) is 0 Å². The summed E-state index contributed by atoms with van der Waals surface area (Å²) in [4.78, 5) is 0. The van der Waals surface area contributed by atoms with Gasteiger partial charge in [-0.3, -0.25) is 0 Å². The van der Waals surface area contributed by atoms with E-state index in [1.54, 1.807) is 6.20 Å². The Bertz CT molecular complexity index is 367. The van der Waals surface area contributed by atoms with E-state index in [4.69, 9.17) is 10.5 Å². The predicted molar refractivity (Wildman–Crippen MR) is 60.8 cm³/mol. The van der Waals surface area contributed by atoms with Gasteiger partial charge in [0.25, 0.3) is 0 Å². The van der Waals surface area contributed by atoms with E-state index >= 15 is 0 Å². The van der Waals surface area contributed by atoms with Gasteiger partial charge >= 0.3 is 0 Å². The zero-order chi connectivity index (χ0) is 12.8. The van der Waals surface area contributed by atoms with Crippen LogP contribution in [0.2, 0.25) is 0 Å². The highest BCUT2D eigenvalue weighted by molar-refractivity contribution is 5.13. The molecule has 6 heteroatoms. The van der Waals surface area contributed by atoms with E-state index in [0.717, 1.165) is 6.54 Å². The van der Waals surface area contributed by atoms with E-state index in [1.807, 2.05) is 33.9 Å². The van der Waals surface area contributed by atoms with Crippen LogP contribution in [0.4, 0.5) is 0 Å². The minimum Gasteiger partial charge on any atom is -0.337 e. The summed E-state index contributed by atoms with van der Waals surface area (Å²) in [5.41, 5.74) is 8.31. The first-order valence-electron chi connectivity index (χ1n) is 4.19. The molecule has 0 aliphatic rings. The molecule has 1 aromatic heterocycles. The second kappa shape index (κ2) is 12.3. The molecule has 6 nitrogen and oxygen atoms in total. The molecular formula is C10H15N6+. The number of nitrogens with zero attached hydrogens (tertiary/aromatic N) is 4. The molecule has 0 atom stereocenters. The van der Waals surface area contributed by atoms with Gasteiger partial charge in [0.15, 0.2) is 12.4 Å². The summed E-state index contributed by atoms with van der Waals surface area (Å²) in [5, 5.41) is 14.2. The number of rotatable bonds is 3. The van der Waals surface area contributed by atoms with Gasteiger partial charge in [0.2, 0.25) is 6.33 Å². The van der Waals surface area contributed by atoms with Crippen molar-refractivity contribution in [2.24, 2.45) is 11.5 Å². The first-order valence-corrected chi connectivity index (χ1v) is 4.19. The molecule has 0 amide bonds. The fourth-order valence-electron chi connectivity index (χ4n) is 0.776. The van der Waals surface area contributed by atoms with Crippen LogP contribution in [0.3, 0.4) is 0 Å². The van der Waals surface area contributed by atoms with E-state index in [1.165, 1.54) is 12.4 Å². The maximum atomic E-state index is 7.10. The Balaban J connectivity index is 0. The van der Waals surface area contributed by atoms with Crippen molar-refractivity contribution in [3.8, 4) is 12.4 Å². The van der Waals surface area contributed by atoms with Crippen LogP contribution in [0.1, 0.15) is 0 Å². The molecule has 1 rings (SSSR count). The number of allylic oxidation sites excluding steroid dienone is 1. The van der Waals surface area contributed by atoms with Gasteiger partial charge in [-0.15, -0.1) is 0 Å². The zero-order valence-electron chi connectivity index (χ0n) is 8.95. The number of nitrogens with two attached hydrogens (primary N) is 2. The average Bonchev–Trinajstić information content (AvgIpc) is 2.69. The number of nitriles is 2. The fraction of sp³-hybridized carbons (Fsp3) is 0.100. The second-order valence-electron chi connectivity index (χ2n) is 2.29. The molecule has 84 valence electrons. The van der Waals surface area contributed by atoms with Crippen LogP contribution in [0.5, 0.6) is 0 Å². The van der Waals surface area contributed by atoms with Gasteiger partial charge < -0.3 is 11.5 Å². The maximum Gasteiger partial charge on any atom is 0.248 e. The van der Waals surface area contributed by atoms with Crippen LogP contribution in [0, 0.1) is 22.9 Å². The Morgan fingerprint density at radius 1 is 1.31 bits per heavy atom. The van der Waals surface area contributed by atoms with E-state index < -0.39 is 0 Å².